The average molecular weight is 152 g/mol. The van der Waals surface area contributed by atoms with Gasteiger partial charge >= 0.3 is 6.01 Å². The van der Waals surface area contributed by atoms with Crippen molar-refractivity contribution in [2.24, 2.45) is 0 Å². The Hall–Kier alpha value is -1.45. The van der Waals surface area contributed by atoms with Gasteiger partial charge in [-0.1, -0.05) is 0 Å². The second-order valence-corrected chi connectivity index (χ2v) is 2.01. The molecule has 1 rings (SSSR count). The van der Waals surface area contributed by atoms with Gasteiger partial charge in [-0.15, -0.1) is 0 Å². The highest BCUT2D eigenvalue weighted by Gasteiger charge is 1.99. The van der Waals surface area contributed by atoms with Crippen LogP contribution in [0, 0.1) is 0 Å². The van der Waals surface area contributed by atoms with Crippen molar-refractivity contribution in [2.45, 2.75) is 6.92 Å². The summed E-state index contributed by atoms with van der Waals surface area (Å²) in [6.45, 7) is 1.46. The number of hydrogen-bond acceptors (Lipinski definition) is 4. The van der Waals surface area contributed by atoms with E-state index in [1.165, 1.54) is 26.4 Å². The van der Waals surface area contributed by atoms with Crippen molar-refractivity contribution >= 4 is 5.78 Å². The van der Waals surface area contributed by atoms with Crippen molar-refractivity contribution in [1.29, 1.82) is 0 Å². The number of carbonyl (C=O) groups excluding carboxylic acids is 1. The van der Waals surface area contributed by atoms with Crippen LogP contribution in [-0.2, 0) is 0 Å². The van der Waals surface area contributed by atoms with Crippen molar-refractivity contribution in [3.8, 4) is 6.01 Å². The van der Waals surface area contributed by atoms with Crippen LogP contribution in [0.15, 0.2) is 12.4 Å². The highest BCUT2D eigenvalue weighted by molar-refractivity contribution is 5.93. The molecule has 0 aliphatic carbocycles. The molecule has 11 heavy (non-hydrogen) atoms. The zero-order valence-corrected chi connectivity index (χ0v) is 6.37. The van der Waals surface area contributed by atoms with Gasteiger partial charge in [0.05, 0.1) is 12.7 Å². The third-order valence-corrected chi connectivity index (χ3v) is 1.22. The van der Waals surface area contributed by atoms with Crippen LogP contribution in [0.4, 0.5) is 0 Å². The predicted molar refractivity (Wildman–Crippen MR) is 38.6 cm³/mol. The summed E-state index contributed by atoms with van der Waals surface area (Å²) < 4.78 is 4.72. The molecule has 0 aliphatic rings. The molecular weight excluding hydrogens is 144 g/mol. The minimum Gasteiger partial charge on any atom is -0.467 e. The standard InChI is InChI=1S/C7H8N2O2/c1-5(10)6-3-8-7(11-2)9-4-6/h3-4H,1-2H3. The molecule has 0 saturated heterocycles. The lowest BCUT2D eigenvalue weighted by atomic mass is 10.2. The number of carbonyl (C=O) groups is 1. The Kier molecular flexibility index (Phi) is 2.15. The third-order valence-electron chi connectivity index (χ3n) is 1.22. The van der Waals surface area contributed by atoms with Gasteiger partial charge in [-0.05, 0) is 6.92 Å². The molecule has 0 fully saturated rings. The Bertz CT molecular complexity index is 256. The van der Waals surface area contributed by atoms with E-state index in [0.717, 1.165) is 0 Å². The quantitative estimate of drug-likeness (QED) is 0.585. The van der Waals surface area contributed by atoms with Gasteiger partial charge < -0.3 is 4.74 Å². The van der Waals surface area contributed by atoms with Crippen molar-refractivity contribution in [3.05, 3.63) is 18.0 Å². The summed E-state index contributed by atoms with van der Waals surface area (Å²) >= 11 is 0. The first-order valence-electron chi connectivity index (χ1n) is 3.11. The third kappa shape index (κ3) is 1.73. The summed E-state index contributed by atoms with van der Waals surface area (Å²) in [6.07, 6.45) is 2.88. The lowest BCUT2D eigenvalue weighted by molar-refractivity contribution is 0.101. The molecule has 1 aromatic rings. The molecule has 4 heteroatoms. The summed E-state index contributed by atoms with van der Waals surface area (Å²) in [5, 5.41) is 0. The van der Waals surface area contributed by atoms with E-state index in [0.29, 0.717) is 5.56 Å². The SMILES string of the molecule is COc1ncc(C(C)=O)cn1. The monoisotopic (exact) mass is 152 g/mol. The summed E-state index contributed by atoms with van der Waals surface area (Å²) in [7, 11) is 1.47. The maximum atomic E-state index is 10.7. The zero-order chi connectivity index (χ0) is 8.27. The highest BCUT2D eigenvalue weighted by Crippen LogP contribution is 2.01. The molecule has 0 unspecified atom stereocenters. The smallest absolute Gasteiger partial charge is 0.316 e. The van der Waals surface area contributed by atoms with E-state index in [9.17, 15) is 4.79 Å². The number of ether oxygens (including phenoxy) is 1. The van der Waals surface area contributed by atoms with Crippen LogP contribution in [0.2, 0.25) is 0 Å². The molecule has 1 heterocycles. The number of methoxy groups -OCH3 is 1. The Morgan fingerprint density at radius 3 is 2.36 bits per heavy atom. The first-order chi connectivity index (χ1) is 5.24. The summed E-state index contributed by atoms with van der Waals surface area (Å²) in [4.78, 5) is 18.3. The molecule has 0 radical (unpaired) electrons. The lowest BCUT2D eigenvalue weighted by Crippen LogP contribution is -1.97. The molecule has 4 nitrogen and oxygen atoms in total. The number of aromatic nitrogens is 2. The van der Waals surface area contributed by atoms with E-state index in [1.807, 2.05) is 0 Å². The first-order valence-corrected chi connectivity index (χ1v) is 3.11. The molecular formula is C7H8N2O2. The normalized spacial score (nSPS) is 9.27. The van der Waals surface area contributed by atoms with E-state index in [4.69, 9.17) is 4.74 Å². The van der Waals surface area contributed by atoms with E-state index in [-0.39, 0.29) is 11.8 Å². The minimum atomic E-state index is -0.0485. The number of nitrogens with zero attached hydrogens (tertiary/aromatic N) is 2. The first kappa shape index (κ1) is 7.65. The van der Waals surface area contributed by atoms with Crippen LogP contribution < -0.4 is 4.74 Å². The molecule has 1 aromatic heterocycles. The molecule has 0 N–H and O–H groups in total. The van der Waals surface area contributed by atoms with Crippen LogP contribution >= 0.6 is 0 Å². The Morgan fingerprint density at radius 2 is 2.00 bits per heavy atom. The Morgan fingerprint density at radius 1 is 1.45 bits per heavy atom. The fraction of sp³-hybridized carbons (Fsp3) is 0.286. The fourth-order valence-electron chi connectivity index (χ4n) is 0.603. The number of Topliss-reactive ketones (excluding diaryl/α,β-unsaturated/α-hetero) is 1. The molecule has 0 amide bonds. The van der Waals surface area contributed by atoms with Gasteiger partial charge in [0.2, 0.25) is 0 Å². The number of rotatable bonds is 2. The van der Waals surface area contributed by atoms with Crippen LogP contribution in [0.3, 0.4) is 0 Å². The number of hydrogen-bond donors (Lipinski definition) is 0. The zero-order valence-electron chi connectivity index (χ0n) is 6.37. The van der Waals surface area contributed by atoms with Gasteiger partial charge in [-0.2, -0.15) is 0 Å². The summed E-state index contributed by atoms with van der Waals surface area (Å²) in [5.74, 6) is -0.0485. The van der Waals surface area contributed by atoms with Crippen molar-refractivity contribution in [3.63, 3.8) is 0 Å². The van der Waals surface area contributed by atoms with Crippen molar-refractivity contribution in [1.82, 2.24) is 9.97 Å². The maximum Gasteiger partial charge on any atom is 0.316 e. The minimum absolute atomic E-state index is 0.0485. The second-order valence-electron chi connectivity index (χ2n) is 2.01. The van der Waals surface area contributed by atoms with Gasteiger partial charge in [0, 0.05) is 12.4 Å². The van der Waals surface area contributed by atoms with Gasteiger partial charge in [-0.3, -0.25) is 4.79 Å². The van der Waals surface area contributed by atoms with Gasteiger partial charge in [-0.25, -0.2) is 9.97 Å². The van der Waals surface area contributed by atoms with Crippen LogP contribution in [0.1, 0.15) is 17.3 Å². The average Bonchev–Trinajstić information content (AvgIpc) is 2.05. The highest BCUT2D eigenvalue weighted by atomic mass is 16.5. The molecule has 0 saturated carbocycles. The predicted octanol–water partition coefficient (Wildman–Crippen LogP) is 0.688. The van der Waals surface area contributed by atoms with Gasteiger partial charge in [0.1, 0.15) is 0 Å². The van der Waals surface area contributed by atoms with Gasteiger partial charge in [0.25, 0.3) is 0 Å². The maximum absolute atomic E-state index is 10.7. The van der Waals surface area contributed by atoms with Crippen molar-refractivity contribution in [2.75, 3.05) is 7.11 Å². The molecule has 0 atom stereocenters. The van der Waals surface area contributed by atoms with E-state index >= 15 is 0 Å². The van der Waals surface area contributed by atoms with E-state index < -0.39 is 0 Å². The largest absolute Gasteiger partial charge is 0.467 e. The molecule has 0 aliphatic heterocycles. The van der Waals surface area contributed by atoms with E-state index in [1.54, 1.807) is 0 Å². The number of ketones is 1. The van der Waals surface area contributed by atoms with Crippen LogP contribution in [0.5, 0.6) is 6.01 Å². The Labute approximate surface area is 64.2 Å². The summed E-state index contributed by atoms with van der Waals surface area (Å²) in [5.41, 5.74) is 0.491. The lowest BCUT2D eigenvalue weighted by Gasteiger charge is -1.96. The molecule has 58 valence electrons. The molecule has 0 spiro atoms. The molecule has 0 aromatic carbocycles. The van der Waals surface area contributed by atoms with Crippen molar-refractivity contribution < 1.29 is 9.53 Å². The summed E-state index contributed by atoms with van der Waals surface area (Å²) in [6, 6.07) is 0.273. The van der Waals surface area contributed by atoms with Gasteiger partial charge in [0.15, 0.2) is 5.78 Å². The fourth-order valence-corrected chi connectivity index (χ4v) is 0.603. The molecule has 0 bridgehead atoms. The Balaban J connectivity index is 2.91. The van der Waals surface area contributed by atoms with Crippen LogP contribution in [0.25, 0.3) is 0 Å². The topological polar surface area (TPSA) is 52.1 Å². The van der Waals surface area contributed by atoms with Crippen LogP contribution in [-0.4, -0.2) is 22.9 Å². The van der Waals surface area contributed by atoms with E-state index in [2.05, 4.69) is 9.97 Å². The second kappa shape index (κ2) is 3.09.